The molecule has 3 aromatic carbocycles. The van der Waals surface area contributed by atoms with Crippen molar-refractivity contribution in [2.24, 2.45) is 11.8 Å². The van der Waals surface area contributed by atoms with Crippen molar-refractivity contribution in [3.63, 3.8) is 0 Å². The number of hydrogen-bond acceptors (Lipinski definition) is 5. The zero-order chi connectivity index (χ0) is 34.8. The highest BCUT2D eigenvalue weighted by Crippen LogP contribution is 2.30. The lowest BCUT2D eigenvalue weighted by atomic mass is 9.79. The molecule has 48 heavy (non-hydrogen) atoms. The van der Waals surface area contributed by atoms with Crippen LogP contribution in [0.1, 0.15) is 77.8 Å². The molecule has 0 aliphatic carbocycles. The number of likely N-dealkylation sites (tertiary alicyclic amines) is 1. The average Bonchev–Trinajstić information content (AvgIpc) is 3.06. The minimum absolute atomic E-state index is 0.0501. The van der Waals surface area contributed by atoms with Crippen molar-refractivity contribution in [3.05, 3.63) is 94.6 Å². The molecule has 10 heteroatoms. The van der Waals surface area contributed by atoms with Crippen LogP contribution in [0.5, 0.6) is 5.75 Å². The van der Waals surface area contributed by atoms with Crippen LogP contribution in [0.25, 0.3) is 0 Å². The first-order valence-electron chi connectivity index (χ1n) is 16.8. The van der Waals surface area contributed by atoms with E-state index in [4.69, 9.17) is 4.74 Å². The summed E-state index contributed by atoms with van der Waals surface area (Å²) in [5.41, 5.74) is 2.45. The Bertz CT molecular complexity index is 1540. The number of anilines is 1. The summed E-state index contributed by atoms with van der Waals surface area (Å²) < 4.78 is 33.6. The number of aryl methyl sites for hydroxylation is 1. The Kier molecular flexibility index (Phi) is 13.1. The van der Waals surface area contributed by atoms with E-state index in [1.165, 1.54) is 12.1 Å². The number of rotatable bonds is 14. The number of carbonyl (C=O) groups is 3. The highest BCUT2D eigenvalue weighted by atomic mass is 19.1. The van der Waals surface area contributed by atoms with E-state index in [1.54, 1.807) is 59.4 Å². The normalized spacial score (nSPS) is 15.8. The zero-order valence-electron chi connectivity index (χ0n) is 28.3. The Balaban J connectivity index is 1.55. The van der Waals surface area contributed by atoms with Gasteiger partial charge in [-0.1, -0.05) is 13.8 Å². The molecular formula is C38H47F2N3O5. The minimum atomic E-state index is -1.05. The molecular weight excluding hydrogens is 616 g/mol. The van der Waals surface area contributed by atoms with Gasteiger partial charge in [0.2, 0.25) is 0 Å². The molecule has 3 aromatic rings. The van der Waals surface area contributed by atoms with Crippen LogP contribution in [-0.4, -0.2) is 72.0 Å². The summed E-state index contributed by atoms with van der Waals surface area (Å²) in [7, 11) is 1.56. The lowest BCUT2D eigenvalue weighted by Crippen LogP contribution is -2.47. The number of carbonyl (C=O) groups excluding carboxylic acids is 3. The molecule has 1 aliphatic rings. The van der Waals surface area contributed by atoms with Gasteiger partial charge in [0.1, 0.15) is 17.4 Å². The summed E-state index contributed by atoms with van der Waals surface area (Å²) in [5.74, 6) is -2.32. The maximum absolute atomic E-state index is 14.2. The minimum Gasteiger partial charge on any atom is -0.497 e. The van der Waals surface area contributed by atoms with Gasteiger partial charge in [-0.25, -0.2) is 13.6 Å². The van der Waals surface area contributed by atoms with Crippen LogP contribution in [0.15, 0.2) is 60.7 Å². The highest BCUT2D eigenvalue weighted by molar-refractivity contribution is 6.01. The molecule has 0 bridgehead atoms. The molecule has 3 amide bonds. The van der Waals surface area contributed by atoms with Gasteiger partial charge in [0.05, 0.1) is 13.2 Å². The number of amides is 3. The Labute approximate surface area is 282 Å². The molecule has 0 saturated carbocycles. The van der Waals surface area contributed by atoms with Crippen LogP contribution in [0.3, 0.4) is 0 Å². The molecule has 3 atom stereocenters. The number of nitrogens with one attached hydrogen (secondary N) is 1. The predicted octanol–water partition coefficient (Wildman–Crippen LogP) is 7.28. The smallest absolute Gasteiger partial charge is 0.321 e. The molecule has 0 radical (unpaired) electrons. The van der Waals surface area contributed by atoms with Crippen molar-refractivity contribution >= 4 is 23.4 Å². The van der Waals surface area contributed by atoms with E-state index in [2.05, 4.69) is 5.32 Å². The number of aliphatic hydroxyl groups is 1. The zero-order valence-corrected chi connectivity index (χ0v) is 28.3. The third-order valence-electron chi connectivity index (χ3n) is 8.84. The monoisotopic (exact) mass is 663 g/mol. The van der Waals surface area contributed by atoms with Crippen molar-refractivity contribution < 1.29 is 33.0 Å². The standard InChI is InChI=1S/C38H47F2N3O5/c1-5-13-42(14-6-2)37(46)30-17-25(3)16-28(21-30)35(44)22-29(18-26-19-31(39)23-32(40)20-26)36(45)27-8-7-15-43(24-27)38(47)41-33-9-11-34(48-4)12-10-33/h9-12,16-17,19-21,23,27,29,36,45H,5-8,13-15,18,22,24H2,1-4H3,(H,41,47)/t27-,29-,36-/m1/s1. The number of ketones is 1. The van der Waals surface area contributed by atoms with Crippen LogP contribution >= 0.6 is 0 Å². The number of methoxy groups -OCH3 is 1. The molecule has 0 spiro atoms. The largest absolute Gasteiger partial charge is 0.497 e. The maximum atomic E-state index is 14.2. The topological polar surface area (TPSA) is 99.2 Å². The predicted molar refractivity (Wildman–Crippen MR) is 182 cm³/mol. The lowest BCUT2D eigenvalue weighted by Gasteiger charge is -2.37. The van der Waals surface area contributed by atoms with E-state index in [-0.39, 0.29) is 43.0 Å². The van der Waals surface area contributed by atoms with E-state index >= 15 is 0 Å². The molecule has 1 fully saturated rings. The van der Waals surface area contributed by atoms with Crippen molar-refractivity contribution in [1.29, 1.82) is 0 Å². The van der Waals surface area contributed by atoms with Crippen LogP contribution in [0.2, 0.25) is 0 Å². The second-order valence-electron chi connectivity index (χ2n) is 12.7. The van der Waals surface area contributed by atoms with Crippen LogP contribution in [0.4, 0.5) is 19.3 Å². The summed E-state index contributed by atoms with van der Waals surface area (Å²) in [6, 6.07) is 15.0. The fourth-order valence-corrected chi connectivity index (χ4v) is 6.54. The number of nitrogens with zero attached hydrogens (tertiary/aromatic N) is 2. The van der Waals surface area contributed by atoms with Gasteiger partial charge < -0.3 is 25.0 Å². The number of hydrogen-bond donors (Lipinski definition) is 2. The number of urea groups is 1. The Morgan fingerprint density at radius 2 is 1.62 bits per heavy atom. The summed E-state index contributed by atoms with van der Waals surface area (Å²) >= 11 is 0. The first-order chi connectivity index (χ1) is 23.0. The second-order valence-corrected chi connectivity index (χ2v) is 12.7. The third kappa shape index (κ3) is 9.86. The van der Waals surface area contributed by atoms with E-state index in [1.807, 2.05) is 20.8 Å². The van der Waals surface area contributed by atoms with Gasteiger partial charge in [-0.2, -0.15) is 0 Å². The van der Waals surface area contributed by atoms with E-state index in [9.17, 15) is 28.3 Å². The Morgan fingerprint density at radius 3 is 2.25 bits per heavy atom. The number of benzene rings is 3. The summed E-state index contributed by atoms with van der Waals surface area (Å²) in [6.07, 6.45) is 1.77. The van der Waals surface area contributed by atoms with Crippen molar-refractivity contribution in [2.75, 3.05) is 38.6 Å². The lowest BCUT2D eigenvalue weighted by molar-refractivity contribution is 0.0178. The second kappa shape index (κ2) is 17.2. The average molecular weight is 664 g/mol. The SMILES string of the molecule is CCCN(CCC)C(=O)c1cc(C)cc(C(=O)C[C@@H](Cc2cc(F)cc(F)c2)[C@H](O)[C@@H]2CCCN(C(=O)Nc3ccc(OC)cc3)C2)c1. The van der Waals surface area contributed by atoms with Crippen LogP contribution in [0, 0.1) is 30.4 Å². The maximum Gasteiger partial charge on any atom is 0.321 e. The first-order valence-corrected chi connectivity index (χ1v) is 16.8. The molecule has 8 nitrogen and oxygen atoms in total. The number of piperidine rings is 1. The summed E-state index contributed by atoms with van der Waals surface area (Å²) in [4.78, 5) is 43.8. The first kappa shape index (κ1) is 36.5. The molecule has 258 valence electrons. The van der Waals surface area contributed by atoms with Gasteiger partial charge in [-0.3, -0.25) is 9.59 Å². The molecule has 4 rings (SSSR count). The Hall–Kier alpha value is -4.31. The third-order valence-corrected chi connectivity index (χ3v) is 8.84. The molecule has 0 aromatic heterocycles. The number of Topliss-reactive ketones (excluding diaryl/α,β-unsaturated/α-hetero) is 1. The molecule has 1 aliphatic heterocycles. The van der Waals surface area contributed by atoms with E-state index in [0.717, 1.165) is 24.5 Å². The van der Waals surface area contributed by atoms with Crippen LogP contribution < -0.4 is 10.1 Å². The van der Waals surface area contributed by atoms with Crippen molar-refractivity contribution in [3.8, 4) is 5.75 Å². The Morgan fingerprint density at radius 1 is 0.979 bits per heavy atom. The molecule has 2 N–H and O–H groups in total. The fourth-order valence-electron chi connectivity index (χ4n) is 6.54. The number of halogens is 2. The van der Waals surface area contributed by atoms with Gasteiger partial charge in [0, 0.05) is 61.4 Å². The van der Waals surface area contributed by atoms with Crippen molar-refractivity contribution in [1.82, 2.24) is 9.80 Å². The van der Waals surface area contributed by atoms with Gasteiger partial charge >= 0.3 is 6.03 Å². The molecule has 1 heterocycles. The van der Waals surface area contributed by atoms with E-state index < -0.39 is 23.7 Å². The fraction of sp³-hybridized carbons (Fsp3) is 0.447. The molecule has 0 unspecified atom stereocenters. The summed E-state index contributed by atoms with van der Waals surface area (Å²) in [5, 5.41) is 14.7. The van der Waals surface area contributed by atoms with Gasteiger partial charge in [-0.05, 0) is 111 Å². The highest BCUT2D eigenvalue weighted by Gasteiger charge is 2.34. The van der Waals surface area contributed by atoms with Gasteiger partial charge in [-0.15, -0.1) is 0 Å². The van der Waals surface area contributed by atoms with Crippen LogP contribution in [-0.2, 0) is 6.42 Å². The number of ether oxygens (including phenoxy) is 1. The molecule has 1 saturated heterocycles. The summed E-state index contributed by atoms with van der Waals surface area (Å²) in [6.45, 7) is 7.81. The van der Waals surface area contributed by atoms with E-state index in [0.29, 0.717) is 60.6 Å². The van der Waals surface area contributed by atoms with Crippen molar-refractivity contribution in [2.45, 2.75) is 65.4 Å². The number of aliphatic hydroxyl groups excluding tert-OH is 1. The van der Waals surface area contributed by atoms with Gasteiger partial charge in [0.15, 0.2) is 5.78 Å². The quantitative estimate of drug-likeness (QED) is 0.177. The van der Waals surface area contributed by atoms with Gasteiger partial charge in [0.25, 0.3) is 5.91 Å².